The fourth-order valence-electron chi connectivity index (χ4n) is 3.53. The number of carbonyl (C=O) groups excluding carboxylic acids is 1. The van der Waals surface area contributed by atoms with Gasteiger partial charge in [0.2, 0.25) is 12.7 Å². The summed E-state index contributed by atoms with van der Waals surface area (Å²) < 4.78 is 12.1. The Morgan fingerprint density at radius 2 is 1.82 bits per heavy atom. The van der Waals surface area contributed by atoms with E-state index in [1.807, 2.05) is 30.3 Å². The third kappa shape index (κ3) is 4.44. The van der Waals surface area contributed by atoms with Crippen LogP contribution in [0.2, 0.25) is 5.02 Å². The van der Waals surface area contributed by atoms with E-state index in [2.05, 4.69) is 10.3 Å². The number of halogens is 1. The molecule has 164 valence electrons. The van der Waals surface area contributed by atoms with Crippen LogP contribution in [0.25, 0.3) is 23.1 Å². The molecule has 1 aliphatic rings. The molecule has 33 heavy (non-hydrogen) atoms. The lowest BCUT2D eigenvalue weighted by Gasteiger charge is -2.12. The molecule has 2 heterocycles. The Kier molecular flexibility index (Phi) is 5.54. The summed E-state index contributed by atoms with van der Waals surface area (Å²) in [6.45, 7) is -0.00287. The molecule has 4 aromatic rings. The summed E-state index contributed by atoms with van der Waals surface area (Å²) in [5.74, 6) is 1.35. The van der Waals surface area contributed by atoms with E-state index in [0.29, 0.717) is 38.9 Å². The second-order valence-corrected chi connectivity index (χ2v) is 7.82. The predicted molar refractivity (Wildman–Crippen MR) is 128 cm³/mol. The minimum Gasteiger partial charge on any atom is -0.454 e. The van der Waals surface area contributed by atoms with E-state index in [1.165, 1.54) is 4.57 Å². The summed E-state index contributed by atoms with van der Waals surface area (Å²) in [5.41, 5.74) is 1.70. The molecule has 0 radical (unpaired) electrons. The fraction of sp³-hybridized carbons (Fsp3) is 0.0800. The molecule has 0 saturated carbocycles. The van der Waals surface area contributed by atoms with Gasteiger partial charge in [-0.15, -0.1) is 0 Å². The number of carbonyl (C=O) groups is 1. The standard InChI is InChI=1S/C25H18ClN3O4/c26-17-7-9-18(10-8-17)27-24(30)14-29-23(28-20-4-2-1-3-19(20)25(29)31)12-6-16-5-11-21-22(13-16)33-15-32-21/h1-13H,14-15H2,(H,27,30)/b12-6+. The second-order valence-electron chi connectivity index (χ2n) is 7.38. The molecule has 3 aromatic carbocycles. The number of rotatable bonds is 5. The lowest BCUT2D eigenvalue weighted by Crippen LogP contribution is -2.30. The maximum atomic E-state index is 13.2. The first-order valence-corrected chi connectivity index (χ1v) is 10.6. The number of hydrogen-bond donors (Lipinski definition) is 1. The van der Waals surface area contributed by atoms with Crippen LogP contribution in [0, 0.1) is 0 Å². The highest BCUT2D eigenvalue weighted by atomic mass is 35.5. The number of fused-ring (bicyclic) bond motifs is 2. The highest BCUT2D eigenvalue weighted by molar-refractivity contribution is 6.30. The topological polar surface area (TPSA) is 82.5 Å². The monoisotopic (exact) mass is 459 g/mol. The van der Waals surface area contributed by atoms with E-state index in [4.69, 9.17) is 21.1 Å². The average molecular weight is 460 g/mol. The minimum atomic E-state index is -0.353. The number of amides is 1. The van der Waals surface area contributed by atoms with Crippen molar-refractivity contribution in [1.82, 2.24) is 9.55 Å². The Labute approximate surface area is 193 Å². The van der Waals surface area contributed by atoms with Crippen molar-refractivity contribution >= 4 is 46.3 Å². The number of aromatic nitrogens is 2. The molecule has 5 rings (SSSR count). The Morgan fingerprint density at radius 1 is 1.03 bits per heavy atom. The van der Waals surface area contributed by atoms with Gasteiger partial charge < -0.3 is 14.8 Å². The van der Waals surface area contributed by atoms with E-state index < -0.39 is 0 Å². The molecule has 0 bridgehead atoms. The zero-order chi connectivity index (χ0) is 22.8. The zero-order valence-corrected chi connectivity index (χ0v) is 18.1. The Balaban J connectivity index is 1.49. The van der Waals surface area contributed by atoms with Crippen molar-refractivity contribution in [1.29, 1.82) is 0 Å². The molecule has 1 amide bonds. The fourth-order valence-corrected chi connectivity index (χ4v) is 3.66. The highest BCUT2D eigenvalue weighted by Gasteiger charge is 2.14. The van der Waals surface area contributed by atoms with Crippen LogP contribution in [0.5, 0.6) is 11.5 Å². The zero-order valence-electron chi connectivity index (χ0n) is 17.3. The first kappa shape index (κ1) is 20.8. The summed E-state index contributed by atoms with van der Waals surface area (Å²) in [6.07, 6.45) is 3.52. The SMILES string of the molecule is O=C(Cn1c(/C=C/c2ccc3c(c2)OCO3)nc2ccccc2c1=O)Nc1ccc(Cl)cc1. The molecule has 7 nitrogen and oxygen atoms in total. The molecular formula is C25H18ClN3O4. The summed E-state index contributed by atoms with van der Waals surface area (Å²) >= 11 is 5.90. The number of para-hydroxylation sites is 1. The number of anilines is 1. The van der Waals surface area contributed by atoms with Crippen LogP contribution in [-0.2, 0) is 11.3 Å². The molecule has 1 aliphatic heterocycles. The predicted octanol–water partition coefficient (Wildman–Crippen LogP) is 4.59. The Bertz CT molecular complexity index is 1440. The normalized spacial score (nSPS) is 12.4. The molecule has 0 spiro atoms. The lowest BCUT2D eigenvalue weighted by atomic mass is 10.2. The van der Waals surface area contributed by atoms with E-state index in [-0.39, 0.29) is 24.8 Å². The molecule has 1 aromatic heterocycles. The van der Waals surface area contributed by atoms with Crippen molar-refractivity contribution in [2.75, 3.05) is 12.1 Å². The van der Waals surface area contributed by atoms with Gasteiger partial charge in [-0.2, -0.15) is 0 Å². The summed E-state index contributed by atoms with van der Waals surface area (Å²) in [5, 5.41) is 3.79. The summed E-state index contributed by atoms with van der Waals surface area (Å²) in [4.78, 5) is 30.5. The molecule has 0 atom stereocenters. The van der Waals surface area contributed by atoms with Gasteiger partial charge in [0.1, 0.15) is 12.4 Å². The van der Waals surface area contributed by atoms with Gasteiger partial charge in [-0.3, -0.25) is 14.2 Å². The first-order chi connectivity index (χ1) is 16.1. The minimum absolute atomic E-state index is 0.191. The van der Waals surface area contributed by atoms with Gasteiger partial charge in [-0.1, -0.05) is 35.9 Å². The van der Waals surface area contributed by atoms with Crippen molar-refractivity contribution in [3.05, 3.63) is 93.5 Å². The maximum Gasteiger partial charge on any atom is 0.262 e. The average Bonchev–Trinajstić information content (AvgIpc) is 3.29. The van der Waals surface area contributed by atoms with Crippen molar-refractivity contribution in [3.63, 3.8) is 0 Å². The largest absolute Gasteiger partial charge is 0.454 e. The van der Waals surface area contributed by atoms with Crippen molar-refractivity contribution in [3.8, 4) is 11.5 Å². The van der Waals surface area contributed by atoms with E-state index in [9.17, 15) is 9.59 Å². The molecule has 0 unspecified atom stereocenters. The van der Waals surface area contributed by atoms with Gasteiger partial charge in [0.15, 0.2) is 11.5 Å². The van der Waals surface area contributed by atoms with Crippen LogP contribution in [-0.4, -0.2) is 22.3 Å². The van der Waals surface area contributed by atoms with Crippen LogP contribution in [0.1, 0.15) is 11.4 Å². The molecule has 8 heteroatoms. The van der Waals surface area contributed by atoms with Crippen molar-refractivity contribution < 1.29 is 14.3 Å². The summed E-state index contributed by atoms with van der Waals surface area (Å²) in [6, 6.07) is 19.4. The van der Waals surface area contributed by atoms with E-state index in [0.717, 1.165) is 5.56 Å². The molecular weight excluding hydrogens is 442 g/mol. The third-order valence-electron chi connectivity index (χ3n) is 5.14. The number of benzene rings is 3. The van der Waals surface area contributed by atoms with Gasteiger partial charge in [-0.25, -0.2) is 4.98 Å². The maximum absolute atomic E-state index is 13.2. The van der Waals surface area contributed by atoms with E-state index in [1.54, 1.807) is 48.5 Å². The lowest BCUT2D eigenvalue weighted by molar-refractivity contribution is -0.116. The number of nitrogens with one attached hydrogen (secondary N) is 1. The molecule has 0 aliphatic carbocycles. The number of hydrogen-bond acceptors (Lipinski definition) is 5. The van der Waals surface area contributed by atoms with Gasteiger partial charge in [0, 0.05) is 10.7 Å². The second kappa shape index (κ2) is 8.80. The van der Waals surface area contributed by atoms with Crippen LogP contribution in [0.15, 0.2) is 71.5 Å². The third-order valence-corrected chi connectivity index (χ3v) is 5.39. The number of nitrogens with zero attached hydrogens (tertiary/aromatic N) is 2. The molecule has 0 fully saturated rings. The van der Waals surface area contributed by atoms with Crippen LogP contribution >= 0.6 is 11.6 Å². The van der Waals surface area contributed by atoms with E-state index >= 15 is 0 Å². The van der Waals surface area contributed by atoms with Crippen LogP contribution in [0.3, 0.4) is 0 Å². The smallest absolute Gasteiger partial charge is 0.262 e. The first-order valence-electron chi connectivity index (χ1n) is 10.2. The van der Waals surface area contributed by atoms with Gasteiger partial charge in [0.05, 0.1) is 10.9 Å². The molecule has 0 saturated heterocycles. The van der Waals surface area contributed by atoms with Crippen molar-refractivity contribution in [2.45, 2.75) is 6.54 Å². The Hall–Kier alpha value is -4.10. The highest BCUT2D eigenvalue weighted by Crippen LogP contribution is 2.33. The Morgan fingerprint density at radius 3 is 2.67 bits per heavy atom. The van der Waals surface area contributed by atoms with Gasteiger partial charge >= 0.3 is 0 Å². The van der Waals surface area contributed by atoms with Gasteiger partial charge in [-0.05, 0) is 60.2 Å². The van der Waals surface area contributed by atoms with Gasteiger partial charge in [0.25, 0.3) is 5.56 Å². The van der Waals surface area contributed by atoms with Crippen LogP contribution in [0.4, 0.5) is 5.69 Å². The van der Waals surface area contributed by atoms with Crippen LogP contribution < -0.4 is 20.3 Å². The quantitative estimate of drug-likeness (QED) is 0.472. The summed E-state index contributed by atoms with van der Waals surface area (Å²) in [7, 11) is 0. The molecule has 1 N–H and O–H groups in total. The van der Waals surface area contributed by atoms with Crippen molar-refractivity contribution in [2.24, 2.45) is 0 Å². The number of ether oxygens (including phenoxy) is 2.